The molecule has 5 heteroatoms. The molecule has 1 aliphatic rings. The minimum Gasteiger partial charge on any atom is -0.389 e. The molecule has 1 fully saturated rings. The molecule has 1 amide bonds. The molecule has 1 aromatic rings. The second kappa shape index (κ2) is 2.60. The van der Waals surface area contributed by atoms with E-state index in [0.717, 1.165) is 0 Å². The van der Waals surface area contributed by atoms with E-state index >= 15 is 0 Å². The van der Waals surface area contributed by atoms with Crippen molar-refractivity contribution < 1.29 is 9.90 Å². The number of β-amino-alcohol motifs (C(OH)–C–C–N with tert-alkyl or cyclic N) is 1. The highest BCUT2D eigenvalue weighted by Gasteiger charge is 2.29. The fourth-order valence-electron chi connectivity index (χ4n) is 1.17. The predicted octanol–water partition coefficient (Wildman–Crippen LogP) is -0.774. The lowest BCUT2D eigenvalue weighted by Crippen LogP contribution is -2.53. The number of carbonyl (C=O) groups is 1. The van der Waals surface area contributed by atoms with Gasteiger partial charge < -0.3 is 10.0 Å². The summed E-state index contributed by atoms with van der Waals surface area (Å²) in [5.41, 5.74) is 0.543. The van der Waals surface area contributed by atoms with E-state index in [1.54, 1.807) is 11.1 Å². The fourth-order valence-corrected chi connectivity index (χ4v) is 1.17. The van der Waals surface area contributed by atoms with Crippen molar-refractivity contribution in [3.63, 3.8) is 0 Å². The van der Waals surface area contributed by atoms with Gasteiger partial charge in [0.25, 0.3) is 5.91 Å². The molecular formula is C7H9N3O2. The van der Waals surface area contributed by atoms with Crippen LogP contribution >= 0.6 is 0 Å². The number of carbonyl (C=O) groups excluding carboxylic acids is 1. The van der Waals surface area contributed by atoms with Gasteiger partial charge in [-0.1, -0.05) is 0 Å². The number of rotatable bonds is 1. The van der Waals surface area contributed by atoms with Crippen LogP contribution in [0.2, 0.25) is 0 Å². The summed E-state index contributed by atoms with van der Waals surface area (Å²) in [6.07, 6.45) is 2.68. The molecule has 64 valence electrons. The molecule has 1 aromatic heterocycles. The molecule has 0 spiro atoms. The highest BCUT2D eigenvalue weighted by molar-refractivity contribution is 5.94. The van der Waals surface area contributed by atoms with E-state index in [-0.39, 0.29) is 12.0 Å². The van der Waals surface area contributed by atoms with Gasteiger partial charge in [-0.25, -0.2) is 0 Å². The van der Waals surface area contributed by atoms with Gasteiger partial charge in [0, 0.05) is 19.3 Å². The number of nitrogens with zero attached hydrogens (tertiary/aromatic N) is 2. The van der Waals surface area contributed by atoms with Crippen molar-refractivity contribution in [3.05, 3.63) is 18.0 Å². The molecule has 5 nitrogen and oxygen atoms in total. The van der Waals surface area contributed by atoms with Crippen LogP contribution in [0, 0.1) is 0 Å². The Kier molecular flexibility index (Phi) is 1.58. The first-order chi connectivity index (χ1) is 5.77. The molecule has 0 aromatic carbocycles. The third kappa shape index (κ3) is 1.08. The first-order valence-electron chi connectivity index (χ1n) is 3.73. The molecular weight excluding hydrogens is 158 g/mol. The van der Waals surface area contributed by atoms with Gasteiger partial charge in [-0.05, 0) is 0 Å². The van der Waals surface area contributed by atoms with Crippen LogP contribution in [0.25, 0.3) is 0 Å². The Hall–Kier alpha value is -1.36. The largest absolute Gasteiger partial charge is 0.389 e. The van der Waals surface area contributed by atoms with Crippen LogP contribution in [0.15, 0.2) is 12.4 Å². The van der Waals surface area contributed by atoms with Crippen LogP contribution in [0.5, 0.6) is 0 Å². The molecule has 0 bridgehead atoms. The van der Waals surface area contributed by atoms with Gasteiger partial charge in [-0.3, -0.25) is 9.89 Å². The van der Waals surface area contributed by atoms with E-state index in [0.29, 0.717) is 18.7 Å². The Morgan fingerprint density at radius 1 is 1.75 bits per heavy atom. The van der Waals surface area contributed by atoms with Gasteiger partial charge in [-0.2, -0.15) is 5.10 Å². The number of aromatic amines is 1. The van der Waals surface area contributed by atoms with Gasteiger partial charge in [0.1, 0.15) is 0 Å². The number of H-pyrrole nitrogens is 1. The van der Waals surface area contributed by atoms with Gasteiger partial charge in [0.15, 0.2) is 0 Å². The standard InChI is InChI=1S/C7H9N3O2/c11-6-3-10(4-6)7(12)5-1-8-9-2-5/h1-2,6,11H,3-4H2,(H,8,9). The quantitative estimate of drug-likeness (QED) is 0.577. The molecule has 1 aliphatic heterocycles. The Labute approximate surface area is 69.0 Å². The Balaban J connectivity index is 2.03. The van der Waals surface area contributed by atoms with Gasteiger partial charge in [0.05, 0.1) is 17.9 Å². The van der Waals surface area contributed by atoms with E-state index in [9.17, 15) is 4.79 Å². The van der Waals surface area contributed by atoms with Crippen molar-refractivity contribution in [2.75, 3.05) is 13.1 Å². The van der Waals surface area contributed by atoms with Crippen molar-refractivity contribution in [1.82, 2.24) is 15.1 Å². The number of aliphatic hydroxyl groups is 1. The summed E-state index contributed by atoms with van der Waals surface area (Å²) in [4.78, 5) is 13.0. The Morgan fingerprint density at radius 2 is 2.50 bits per heavy atom. The summed E-state index contributed by atoms with van der Waals surface area (Å²) in [7, 11) is 0. The molecule has 0 saturated carbocycles. The van der Waals surface area contributed by atoms with Crippen molar-refractivity contribution >= 4 is 5.91 Å². The van der Waals surface area contributed by atoms with Crippen LogP contribution in [-0.4, -0.2) is 45.3 Å². The Morgan fingerprint density at radius 3 is 3.00 bits per heavy atom. The monoisotopic (exact) mass is 167 g/mol. The number of nitrogens with one attached hydrogen (secondary N) is 1. The van der Waals surface area contributed by atoms with E-state index in [2.05, 4.69) is 10.2 Å². The minimum absolute atomic E-state index is 0.0750. The van der Waals surface area contributed by atoms with Crippen molar-refractivity contribution in [3.8, 4) is 0 Å². The zero-order valence-corrected chi connectivity index (χ0v) is 6.40. The molecule has 0 atom stereocenters. The predicted molar refractivity (Wildman–Crippen MR) is 40.5 cm³/mol. The number of hydrogen-bond acceptors (Lipinski definition) is 3. The van der Waals surface area contributed by atoms with Crippen LogP contribution < -0.4 is 0 Å². The summed E-state index contributed by atoms with van der Waals surface area (Å²) < 4.78 is 0. The van der Waals surface area contributed by atoms with E-state index in [1.807, 2.05) is 0 Å². The van der Waals surface area contributed by atoms with Gasteiger partial charge >= 0.3 is 0 Å². The third-order valence-corrected chi connectivity index (χ3v) is 1.89. The lowest BCUT2D eigenvalue weighted by Gasteiger charge is -2.35. The lowest BCUT2D eigenvalue weighted by molar-refractivity contribution is 0.00590. The van der Waals surface area contributed by atoms with E-state index < -0.39 is 0 Å². The Bertz CT molecular complexity index is 277. The third-order valence-electron chi connectivity index (χ3n) is 1.89. The molecule has 2 N–H and O–H groups in total. The van der Waals surface area contributed by atoms with Crippen LogP contribution in [0.4, 0.5) is 0 Å². The first kappa shape index (κ1) is 7.30. The number of likely N-dealkylation sites (tertiary alicyclic amines) is 1. The second-order valence-corrected chi connectivity index (χ2v) is 2.85. The van der Waals surface area contributed by atoms with Crippen LogP contribution in [-0.2, 0) is 0 Å². The first-order valence-corrected chi connectivity index (χ1v) is 3.73. The smallest absolute Gasteiger partial charge is 0.257 e. The average Bonchev–Trinajstić information content (AvgIpc) is 2.49. The van der Waals surface area contributed by atoms with Crippen molar-refractivity contribution in [1.29, 1.82) is 0 Å². The van der Waals surface area contributed by atoms with E-state index in [4.69, 9.17) is 5.11 Å². The van der Waals surface area contributed by atoms with Gasteiger partial charge in [-0.15, -0.1) is 0 Å². The topological polar surface area (TPSA) is 69.2 Å². The molecule has 12 heavy (non-hydrogen) atoms. The summed E-state index contributed by atoms with van der Waals surface area (Å²) in [5, 5.41) is 15.2. The highest BCUT2D eigenvalue weighted by atomic mass is 16.3. The molecule has 2 rings (SSSR count). The summed E-state index contributed by atoms with van der Waals surface area (Å²) >= 11 is 0. The highest BCUT2D eigenvalue weighted by Crippen LogP contribution is 2.11. The SMILES string of the molecule is O=C(c1cn[nH]c1)N1CC(O)C1. The zero-order chi connectivity index (χ0) is 8.55. The van der Waals surface area contributed by atoms with Crippen molar-refractivity contribution in [2.24, 2.45) is 0 Å². The number of hydrogen-bond donors (Lipinski definition) is 2. The maximum absolute atomic E-state index is 11.4. The summed E-state index contributed by atoms with van der Waals surface area (Å²) in [5.74, 6) is -0.0750. The lowest BCUT2D eigenvalue weighted by atomic mass is 10.1. The van der Waals surface area contributed by atoms with Crippen LogP contribution in [0.1, 0.15) is 10.4 Å². The minimum atomic E-state index is -0.346. The molecule has 2 heterocycles. The molecule has 0 aliphatic carbocycles. The second-order valence-electron chi connectivity index (χ2n) is 2.85. The zero-order valence-electron chi connectivity index (χ0n) is 6.40. The number of aromatic nitrogens is 2. The number of amides is 1. The fraction of sp³-hybridized carbons (Fsp3) is 0.429. The van der Waals surface area contributed by atoms with E-state index in [1.165, 1.54) is 6.20 Å². The van der Waals surface area contributed by atoms with Gasteiger partial charge in [0.2, 0.25) is 0 Å². The number of aliphatic hydroxyl groups excluding tert-OH is 1. The maximum Gasteiger partial charge on any atom is 0.257 e. The normalized spacial score (nSPS) is 17.6. The maximum atomic E-state index is 11.4. The summed E-state index contributed by atoms with van der Waals surface area (Å²) in [6.45, 7) is 0.869. The van der Waals surface area contributed by atoms with Crippen LogP contribution in [0.3, 0.4) is 0 Å². The molecule has 0 radical (unpaired) electrons. The summed E-state index contributed by atoms with van der Waals surface area (Å²) in [6, 6.07) is 0. The molecule has 0 unspecified atom stereocenters. The molecule has 1 saturated heterocycles. The van der Waals surface area contributed by atoms with Crippen molar-refractivity contribution in [2.45, 2.75) is 6.10 Å². The average molecular weight is 167 g/mol.